The van der Waals surface area contributed by atoms with Gasteiger partial charge in [-0.3, -0.25) is 0 Å². The molecule has 0 aliphatic heterocycles. The Bertz CT molecular complexity index is 560. The molecular formula is C18H21N. The quantitative estimate of drug-likeness (QED) is 0.596. The molecule has 0 bridgehead atoms. The monoisotopic (exact) mass is 251 g/mol. The predicted molar refractivity (Wildman–Crippen MR) is 83.0 cm³/mol. The molecule has 1 nitrogen and oxygen atoms in total. The molecule has 1 heteroatoms. The van der Waals surface area contributed by atoms with Crippen molar-refractivity contribution in [2.75, 3.05) is 6.54 Å². The van der Waals surface area contributed by atoms with Crippen LogP contribution in [0.25, 0.3) is 10.8 Å². The second-order valence-corrected chi connectivity index (χ2v) is 4.91. The van der Waals surface area contributed by atoms with Crippen molar-refractivity contribution in [2.45, 2.75) is 32.2 Å². The lowest BCUT2D eigenvalue weighted by Crippen LogP contribution is -2.20. The van der Waals surface area contributed by atoms with Crippen LogP contribution >= 0.6 is 0 Å². The topological polar surface area (TPSA) is 12.0 Å². The molecule has 0 spiro atoms. The van der Waals surface area contributed by atoms with Crippen LogP contribution in [0.1, 0.15) is 37.8 Å². The highest BCUT2D eigenvalue weighted by atomic mass is 14.9. The standard InChI is InChI=1S/C18H21N/c1-3-4-5-8-14-19-15(2)17-13-9-11-16-10-6-7-12-18(16)17/h1,6-7,9-13,15,19H,4-5,8,14H2,2H3. The molecule has 0 saturated heterocycles. The molecule has 0 amide bonds. The van der Waals surface area contributed by atoms with Crippen LogP contribution in [0.4, 0.5) is 0 Å². The average molecular weight is 251 g/mol. The smallest absolute Gasteiger partial charge is 0.0297 e. The van der Waals surface area contributed by atoms with Crippen LogP contribution in [0.2, 0.25) is 0 Å². The number of unbranched alkanes of at least 4 members (excludes halogenated alkanes) is 2. The zero-order chi connectivity index (χ0) is 13.5. The number of terminal acetylenes is 1. The van der Waals surface area contributed by atoms with Gasteiger partial charge in [0.15, 0.2) is 0 Å². The Morgan fingerprint density at radius 2 is 1.89 bits per heavy atom. The molecule has 19 heavy (non-hydrogen) atoms. The molecule has 0 heterocycles. The van der Waals surface area contributed by atoms with Gasteiger partial charge in [0, 0.05) is 12.5 Å². The molecule has 98 valence electrons. The second-order valence-electron chi connectivity index (χ2n) is 4.91. The van der Waals surface area contributed by atoms with E-state index in [0.717, 1.165) is 25.8 Å². The molecule has 2 aromatic rings. The van der Waals surface area contributed by atoms with Crippen molar-refractivity contribution >= 4 is 10.8 Å². The number of hydrogen-bond acceptors (Lipinski definition) is 1. The summed E-state index contributed by atoms with van der Waals surface area (Å²) in [7, 11) is 0. The van der Waals surface area contributed by atoms with E-state index in [1.807, 2.05) is 0 Å². The summed E-state index contributed by atoms with van der Waals surface area (Å²) in [4.78, 5) is 0. The zero-order valence-electron chi connectivity index (χ0n) is 11.5. The molecule has 1 atom stereocenters. The second kappa shape index (κ2) is 6.97. The number of nitrogens with one attached hydrogen (secondary N) is 1. The Hall–Kier alpha value is -1.78. The Balaban J connectivity index is 2.01. The van der Waals surface area contributed by atoms with Crippen molar-refractivity contribution in [3.05, 3.63) is 48.0 Å². The van der Waals surface area contributed by atoms with Crippen molar-refractivity contribution in [3.63, 3.8) is 0 Å². The summed E-state index contributed by atoms with van der Waals surface area (Å²) in [5, 5.41) is 6.23. The highest BCUT2D eigenvalue weighted by molar-refractivity contribution is 5.86. The summed E-state index contributed by atoms with van der Waals surface area (Å²) in [6.45, 7) is 3.25. The minimum absolute atomic E-state index is 0.372. The van der Waals surface area contributed by atoms with Crippen LogP contribution < -0.4 is 5.32 Å². The zero-order valence-corrected chi connectivity index (χ0v) is 11.5. The summed E-state index contributed by atoms with van der Waals surface area (Å²) < 4.78 is 0. The molecule has 0 saturated carbocycles. The number of hydrogen-bond donors (Lipinski definition) is 1. The van der Waals surface area contributed by atoms with Crippen molar-refractivity contribution in [3.8, 4) is 12.3 Å². The first kappa shape index (κ1) is 13.6. The molecule has 0 radical (unpaired) electrons. The first-order chi connectivity index (χ1) is 9.33. The van der Waals surface area contributed by atoms with Gasteiger partial charge >= 0.3 is 0 Å². The summed E-state index contributed by atoms with van der Waals surface area (Å²) in [5.41, 5.74) is 1.37. The first-order valence-electron chi connectivity index (χ1n) is 6.97. The van der Waals surface area contributed by atoms with Crippen LogP contribution in [0.5, 0.6) is 0 Å². The minimum Gasteiger partial charge on any atom is -0.310 e. The fourth-order valence-electron chi connectivity index (χ4n) is 2.41. The summed E-state index contributed by atoms with van der Waals surface area (Å²) in [5.74, 6) is 2.68. The maximum absolute atomic E-state index is 5.25. The van der Waals surface area contributed by atoms with Gasteiger partial charge in [0.25, 0.3) is 0 Å². The number of rotatable bonds is 6. The minimum atomic E-state index is 0.372. The predicted octanol–water partition coefficient (Wildman–Crippen LogP) is 4.29. The first-order valence-corrected chi connectivity index (χ1v) is 6.97. The van der Waals surface area contributed by atoms with Crippen molar-refractivity contribution in [1.29, 1.82) is 0 Å². The Labute approximate surface area is 116 Å². The molecule has 2 rings (SSSR count). The van der Waals surface area contributed by atoms with Gasteiger partial charge in [-0.05, 0) is 42.6 Å². The van der Waals surface area contributed by atoms with Crippen LogP contribution in [-0.4, -0.2) is 6.54 Å². The van der Waals surface area contributed by atoms with E-state index >= 15 is 0 Å². The van der Waals surface area contributed by atoms with Crippen LogP contribution in [0.15, 0.2) is 42.5 Å². The van der Waals surface area contributed by atoms with E-state index < -0.39 is 0 Å². The van der Waals surface area contributed by atoms with Gasteiger partial charge in [-0.2, -0.15) is 0 Å². The highest BCUT2D eigenvalue weighted by Crippen LogP contribution is 2.23. The van der Waals surface area contributed by atoms with Crippen LogP contribution in [0, 0.1) is 12.3 Å². The Kier molecular flexibility index (Phi) is 5.01. The van der Waals surface area contributed by atoms with Gasteiger partial charge < -0.3 is 5.32 Å². The summed E-state index contributed by atoms with van der Waals surface area (Å²) >= 11 is 0. The Morgan fingerprint density at radius 3 is 2.74 bits per heavy atom. The fraction of sp³-hybridized carbons (Fsp3) is 0.333. The summed E-state index contributed by atoms with van der Waals surface area (Å²) in [6.07, 6.45) is 8.37. The van der Waals surface area contributed by atoms with Crippen LogP contribution in [0.3, 0.4) is 0 Å². The van der Waals surface area contributed by atoms with E-state index in [1.54, 1.807) is 0 Å². The lowest BCUT2D eigenvalue weighted by molar-refractivity contribution is 0.552. The molecule has 1 unspecified atom stereocenters. The Morgan fingerprint density at radius 1 is 1.11 bits per heavy atom. The number of benzene rings is 2. The molecule has 1 N–H and O–H groups in total. The van der Waals surface area contributed by atoms with Gasteiger partial charge in [-0.25, -0.2) is 0 Å². The van der Waals surface area contributed by atoms with E-state index in [1.165, 1.54) is 16.3 Å². The normalized spacial score (nSPS) is 12.2. The van der Waals surface area contributed by atoms with Gasteiger partial charge in [0.05, 0.1) is 0 Å². The molecule has 2 aromatic carbocycles. The third kappa shape index (κ3) is 3.59. The SMILES string of the molecule is C#CCCCCNC(C)c1cccc2ccccc12. The third-order valence-corrected chi connectivity index (χ3v) is 3.49. The molecule has 0 aliphatic rings. The molecule has 0 aromatic heterocycles. The number of fused-ring (bicyclic) bond motifs is 1. The largest absolute Gasteiger partial charge is 0.310 e. The van der Waals surface area contributed by atoms with Crippen molar-refractivity contribution < 1.29 is 0 Å². The fourth-order valence-corrected chi connectivity index (χ4v) is 2.41. The van der Waals surface area contributed by atoms with E-state index in [2.05, 4.69) is 60.6 Å². The van der Waals surface area contributed by atoms with Gasteiger partial charge in [0.2, 0.25) is 0 Å². The lowest BCUT2D eigenvalue weighted by atomic mass is 9.99. The maximum atomic E-state index is 5.25. The van der Waals surface area contributed by atoms with Gasteiger partial charge in [0.1, 0.15) is 0 Å². The van der Waals surface area contributed by atoms with Crippen molar-refractivity contribution in [1.82, 2.24) is 5.32 Å². The van der Waals surface area contributed by atoms with Crippen molar-refractivity contribution in [2.24, 2.45) is 0 Å². The maximum Gasteiger partial charge on any atom is 0.0297 e. The van der Waals surface area contributed by atoms with Gasteiger partial charge in [-0.15, -0.1) is 12.3 Å². The molecule has 0 fully saturated rings. The highest BCUT2D eigenvalue weighted by Gasteiger charge is 2.07. The lowest BCUT2D eigenvalue weighted by Gasteiger charge is -2.16. The van der Waals surface area contributed by atoms with E-state index in [-0.39, 0.29) is 0 Å². The molecule has 0 aliphatic carbocycles. The average Bonchev–Trinajstić information content (AvgIpc) is 2.46. The van der Waals surface area contributed by atoms with Crippen LogP contribution in [-0.2, 0) is 0 Å². The van der Waals surface area contributed by atoms with E-state index in [4.69, 9.17) is 6.42 Å². The van der Waals surface area contributed by atoms with E-state index in [9.17, 15) is 0 Å². The van der Waals surface area contributed by atoms with Gasteiger partial charge in [-0.1, -0.05) is 42.5 Å². The third-order valence-electron chi connectivity index (χ3n) is 3.49. The van der Waals surface area contributed by atoms with E-state index in [0.29, 0.717) is 6.04 Å². The summed E-state index contributed by atoms with van der Waals surface area (Å²) in [6, 6.07) is 15.4. The molecular weight excluding hydrogens is 230 g/mol.